The lowest BCUT2D eigenvalue weighted by atomic mass is 9.45. The lowest BCUT2D eigenvalue weighted by Crippen LogP contribution is -2.62. The Morgan fingerprint density at radius 3 is 2.35 bits per heavy atom. The van der Waals surface area contributed by atoms with Gasteiger partial charge in [-0.1, -0.05) is 13.8 Å². The SMILES string of the molecule is CC(C)(O)CC[C@@H](O)[C@](C)(O)[C@H]1CC[C@@]2(O)C3=CC(=O)[C@@H]4CC(=O)[C@@H](O)C[C@]4(C)[C@H]3CC[C@]12C. The summed E-state index contributed by atoms with van der Waals surface area (Å²) in [6, 6.07) is 0. The molecule has 0 aliphatic heterocycles. The number of fused-ring (bicyclic) bond motifs is 5. The van der Waals surface area contributed by atoms with Crippen molar-refractivity contribution in [1.29, 1.82) is 0 Å². The number of aliphatic hydroxyl groups excluding tert-OH is 2. The molecule has 0 aromatic carbocycles. The van der Waals surface area contributed by atoms with Crippen LogP contribution in [0.1, 0.15) is 86.0 Å². The number of allylic oxidation sites excluding steroid dienone is 1. The lowest BCUT2D eigenvalue weighted by molar-refractivity contribution is -0.174. The number of carbonyl (C=O) groups is 2. The average Bonchev–Trinajstić information content (AvgIpc) is 3.00. The molecule has 0 aromatic heterocycles. The van der Waals surface area contributed by atoms with Crippen molar-refractivity contribution in [3.63, 3.8) is 0 Å². The van der Waals surface area contributed by atoms with E-state index >= 15 is 0 Å². The number of carbonyl (C=O) groups excluding carboxylic acids is 2. The van der Waals surface area contributed by atoms with Crippen molar-refractivity contribution in [2.45, 2.75) is 115 Å². The summed E-state index contributed by atoms with van der Waals surface area (Å²) in [5.74, 6) is -1.45. The van der Waals surface area contributed by atoms with Gasteiger partial charge in [0.2, 0.25) is 0 Å². The third kappa shape index (κ3) is 3.65. The molecule has 34 heavy (non-hydrogen) atoms. The Hall–Kier alpha value is -1.12. The molecule has 0 radical (unpaired) electrons. The molecule has 0 heterocycles. The highest BCUT2D eigenvalue weighted by Crippen LogP contribution is 2.68. The van der Waals surface area contributed by atoms with Gasteiger partial charge in [-0.15, -0.1) is 0 Å². The smallest absolute Gasteiger partial charge is 0.162 e. The fourth-order valence-corrected chi connectivity index (χ4v) is 8.15. The maximum atomic E-state index is 13.2. The van der Waals surface area contributed by atoms with Gasteiger partial charge >= 0.3 is 0 Å². The third-order valence-corrected chi connectivity index (χ3v) is 10.4. The van der Waals surface area contributed by atoms with Crippen LogP contribution in [0.25, 0.3) is 0 Å². The molecule has 3 saturated carbocycles. The van der Waals surface area contributed by atoms with Crippen LogP contribution in [-0.2, 0) is 9.59 Å². The second kappa shape index (κ2) is 7.94. The van der Waals surface area contributed by atoms with E-state index < -0.39 is 51.7 Å². The minimum absolute atomic E-state index is 0.0389. The van der Waals surface area contributed by atoms with E-state index in [0.29, 0.717) is 37.7 Å². The summed E-state index contributed by atoms with van der Waals surface area (Å²) in [5.41, 5.74) is -4.41. The second-order valence-electron chi connectivity index (χ2n) is 13.0. The van der Waals surface area contributed by atoms with Gasteiger partial charge in [-0.05, 0) is 94.6 Å². The van der Waals surface area contributed by atoms with Crippen molar-refractivity contribution in [2.75, 3.05) is 0 Å². The van der Waals surface area contributed by atoms with Crippen LogP contribution in [0.5, 0.6) is 0 Å². The van der Waals surface area contributed by atoms with E-state index in [-0.39, 0.29) is 36.7 Å². The lowest BCUT2D eigenvalue weighted by Gasteiger charge is -2.60. The molecule has 3 fully saturated rings. The van der Waals surface area contributed by atoms with Crippen molar-refractivity contribution >= 4 is 11.6 Å². The molecule has 7 nitrogen and oxygen atoms in total. The highest BCUT2D eigenvalue weighted by atomic mass is 16.3. The summed E-state index contributed by atoms with van der Waals surface area (Å²) >= 11 is 0. The van der Waals surface area contributed by atoms with E-state index in [1.807, 2.05) is 13.8 Å². The molecule has 0 unspecified atom stereocenters. The number of hydrogen-bond donors (Lipinski definition) is 5. The Bertz CT molecular complexity index is 901. The summed E-state index contributed by atoms with van der Waals surface area (Å²) < 4.78 is 0. The predicted octanol–water partition coefficient (Wildman–Crippen LogP) is 2.06. The maximum absolute atomic E-state index is 13.2. The van der Waals surface area contributed by atoms with Crippen LogP contribution < -0.4 is 0 Å². The van der Waals surface area contributed by atoms with Crippen molar-refractivity contribution in [3.8, 4) is 0 Å². The molecule has 5 N–H and O–H groups in total. The van der Waals surface area contributed by atoms with Crippen LogP contribution in [0.3, 0.4) is 0 Å². The molecule has 4 aliphatic carbocycles. The molecule has 4 rings (SSSR count). The van der Waals surface area contributed by atoms with Gasteiger partial charge in [0, 0.05) is 17.8 Å². The standard InChI is InChI=1S/C27H42O7/c1-23(2,32)9-8-22(31)26(5,33)21-7-11-27(34)16-12-18(28)17-13-19(29)20(30)14-24(17,3)15(16)6-10-25(21,27)4/h12,15,17,20-22,30-34H,6-11,13-14H2,1-5H3/t15-,17-,20-,21-,22+,24+,25+,26+,27+/m0/s1. The van der Waals surface area contributed by atoms with E-state index in [1.165, 1.54) is 0 Å². The summed E-state index contributed by atoms with van der Waals surface area (Å²) in [6.07, 6.45) is 2.38. The summed E-state index contributed by atoms with van der Waals surface area (Å²) in [4.78, 5) is 25.4. The Morgan fingerprint density at radius 1 is 1.09 bits per heavy atom. The van der Waals surface area contributed by atoms with E-state index in [4.69, 9.17) is 0 Å². The number of hydrogen-bond acceptors (Lipinski definition) is 7. The van der Waals surface area contributed by atoms with Crippen molar-refractivity contribution in [2.24, 2.45) is 28.6 Å². The Kier molecular flexibility index (Phi) is 6.06. The van der Waals surface area contributed by atoms with Crippen LogP contribution in [0.2, 0.25) is 0 Å². The minimum atomic E-state index is -1.48. The van der Waals surface area contributed by atoms with Crippen LogP contribution in [-0.4, -0.2) is 66.1 Å². The van der Waals surface area contributed by atoms with Gasteiger partial charge in [0.1, 0.15) is 6.10 Å². The molecule has 7 heteroatoms. The monoisotopic (exact) mass is 478 g/mol. The highest BCUT2D eigenvalue weighted by molar-refractivity contribution is 5.99. The van der Waals surface area contributed by atoms with E-state index in [1.54, 1.807) is 26.8 Å². The molecular formula is C27H42O7. The first-order chi connectivity index (χ1) is 15.5. The quantitative estimate of drug-likeness (QED) is 0.408. The molecule has 0 bridgehead atoms. The first kappa shape index (κ1) is 26.0. The van der Waals surface area contributed by atoms with Crippen molar-refractivity contribution in [3.05, 3.63) is 11.6 Å². The van der Waals surface area contributed by atoms with E-state index in [2.05, 4.69) is 0 Å². The van der Waals surface area contributed by atoms with Crippen LogP contribution in [0.15, 0.2) is 11.6 Å². The van der Waals surface area contributed by atoms with E-state index in [9.17, 15) is 35.1 Å². The van der Waals surface area contributed by atoms with Gasteiger partial charge in [-0.3, -0.25) is 9.59 Å². The predicted molar refractivity (Wildman–Crippen MR) is 126 cm³/mol. The fourth-order valence-electron chi connectivity index (χ4n) is 8.15. The average molecular weight is 479 g/mol. The van der Waals surface area contributed by atoms with Crippen LogP contribution in [0, 0.1) is 28.6 Å². The van der Waals surface area contributed by atoms with Gasteiger partial charge < -0.3 is 25.5 Å². The fraction of sp³-hybridized carbons (Fsp3) is 0.852. The number of ketones is 2. The highest BCUT2D eigenvalue weighted by Gasteiger charge is 2.69. The second-order valence-corrected chi connectivity index (χ2v) is 13.0. The number of Topliss-reactive ketones (excluding diaryl/α,β-unsaturated/α-hetero) is 1. The normalized spacial score (nSPS) is 45.1. The molecule has 0 aromatic rings. The minimum Gasteiger partial charge on any atom is -0.390 e. The number of aliphatic hydroxyl groups is 5. The summed E-state index contributed by atoms with van der Waals surface area (Å²) in [5, 5.41) is 55.1. The van der Waals surface area contributed by atoms with Crippen LogP contribution >= 0.6 is 0 Å². The van der Waals surface area contributed by atoms with Crippen molar-refractivity contribution in [1.82, 2.24) is 0 Å². The molecular weight excluding hydrogens is 436 g/mol. The van der Waals surface area contributed by atoms with Crippen LogP contribution in [0.4, 0.5) is 0 Å². The van der Waals surface area contributed by atoms with Gasteiger partial charge in [0.15, 0.2) is 11.6 Å². The van der Waals surface area contributed by atoms with E-state index in [0.717, 1.165) is 0 Å². The van der Waals surface area contributed by atoms with Gasteiger partial charge in [-0.25, -0.2) is 0 Å². The molecule has 4 aliphatic rings. The maximum Gasteiger partial charge on any atom is 0.162 e. The largest absolute Gasteiger partial charge is 0.390 e. The Balaban J connectivity index is 1.67. The zero-order valence-electron chi connectivity index (χ0n) is 21.2. The van der Waals surface area contributed by atoms with Gasteiger partial charge in [0.25, 0.3) is 0 Å². The zero-order valence-corrected chi connectivity index (χ0v) is 21.2. The molecule has 192 valence electrons. The number of rotatable bonds is 5. The molecule has 9 atom stereocenters. The molecule has 0 saturated heterocycles. The molecule has 0 spiro atoms. The third-order valence-electron chi connectivity index (χ3n) is 10.4. The molecule has 0 amide bonds. The topological polar surface area (TPSA) is 135 Å². The Labute approximate surface area is 202 Å². The van der Waals surface area contributed by atoms with Gasteiger partial charge in [0.05, 0.1) is 22.9 Å². The van der Waals surface area contributed by atoms with Crippen molar-refractivity contribution < 1.29 is 35.1 Å². The first-order valence-corrected chi connectivity index (χ1v) is 12.8. The Morgan fingerprint density at radius 2 is 1.74 bits per heavy atom. The summed E-state index contributed by atoms with van der Waals surface area (Å²) in [7, 11) is 0. The summed E-state index contributed by atoms with van der Waals surface area (Å²) in [6.45, 7) is 8.88. The first-order valence-electron chi connectivity index (χ1n) is 12.8. The zero-order chi connectivity index (χ0) is 25.5. The van der Waals surface area contributed by atoms with Gasteiger partial charge in [-0.2, -0.15) is 0 Å².